The van der Waals surface area contributed by atoms with Crippen molar-refractivity contribution in [3.8, 4) is 11.5 Å². The van der Waals surface area contributed by atoms with Gasteiger partial charge >= 0.3 is 10.2 Å². The van der Waals surface area contributed by atoms with Gasteiger partial charge < -0.3 is 14.6 Å². The average molecular weight is 362 g/mol. The minimum Gasteiger partial charge on any atom is -0.506 e. The Morgan fingerprint density at radius 1 is 1.24 bits per heavy atom. The van der Waals surface area contributed by atoms with Gasteiger partial charge in [-0.2, -0.15) is 13.1 Å². The van der Waals surface area contributed by atoms with Gasteiger partial charge in [0.2, 0.25) is 0 Å². The van der Waals surface area contributed by atoms with E-state index in [1.807, 2.05) is 30.3 Å². The molecule has 2 aromatic carbocycles. The molecular weight excluding hydrogens is 344 g/mol. The average Bonchev–Trinajstić information content (AvgIpc) is 2.91. The highest BCUT2D eigenvalue weighted by Gasteiger charge is 2.36. The van der Waals surface area contributed by atoms with Crippen molar-refractivity contribution in [3.05, 3.63) is 54.1 Å². The Bertz CT molecular complexity index is 855. The van der Waals surface area contributed by atoms with Gasteiger partial charge in [0.15, 0.2) is 0 Å². The lowest BCUT2D eigenvalue weighted by atomic mass is 10.2. The first-order chi connectivity index (χ1) is 12.0. The van der Waals surface area contributed by atoms with E-state index >= 15 is 0 Å². The van der Waals surface area contributed by atoms with Crippen LogP contribution in [0.25, 0.3) is 0 Å². The third-order valence-electron chi connectivity index (χ3n) is 3.84. The van der Waals surface area contributed by atoms with Gasteiger partial charge in [-0.05, 0) is 17.7 Å². The molecule has 0 aliphatic carbocycles. The standard InChI is InChI=1S/C17H18N2O5S/c20-12-14-11-19(25(22,23)18-14)16-7-6-15(10-17(16)21)24-9-8-13-4-2-1-3-5-13/h1-7,10,12,14,18,21H,8-9,11H2. The molecule has 1 aliphatic rings. The number of benzene rings is 2. The minimum atomic E-state index is -3.84. The van der Waals surface area contributed by atoms with Crippen LogP contribution in [0, 0.1) is 0 Å². The summed E-state index contributed by atoms with van der Waals surface area (Å²) in [6.07, 6.45) is 1.24. The number of phenolic OH excluding ortho intramolecular Hbond substituents is 1. The summed E-state index contributed by atoms with van der Waals surface area (Å²) in [5.41, 5.74) is 1.24. The van der Waals surface area contributed by atoms with Crippen molar-refractivity contribution in [2.75, 3.05) is 17.5 Å². The molecule has 1 saturated heterocycles. The number of nitrogens with zero attached hydrogens (tertiary/aromatic N) is 1. The van der Waals surface area contributed by atoms with Crippen LogP contribution in [0.1, 0.15) is 5.56 Å². The van der Waals surface area contributed by atoms with Gasteiger partial charge in [-0.15, -0.1) is 0 Å². The molecule has 1 unspecified atom stereocenters. The van der Waals surface area contributed by atoms with Crippen molar-refractivity contribution in [1.82, 2.24) is 4.72 Å². The SMILES string of the molecule is O=CC1CN(c2ccc(OCCc3ccccc3)cc2O)S(=O)(=O)N1. The van der Waals surface area contributed by atoms with Crippen LogP contribution in [0.4, 0.5) is 5.69 Å². The molecule has 0 bridgehead atoms. The van der Waals surface area contributed by atoms with Crippen LogP contribution >= 0.6 is 0 Å². The van der Waals surface area contributed by atoms with Gasteiger partial charge in [-0.25, -0.2) is 0 Å². The fraction of sp³-hybridized carbons (Fsp3) is 0.235. The normalized spacial score (nSPS) is 18.9. The second kappa shape index (κ2) is 7.12. The minimum absolute atomic E-state index is 0.0619. The quantitative estimate of drug-likeness (QED) is 0.754. The maximum atomic E-state index is 12.0. The van der Waals surface area contributed by atoms with Crippen molar-refractivity contribution in [1.29, 1.82) is 0 Å². The van der Waals surface area contributed by atoms with E-state index in [-0.39, 0.29) is 18.0 Å². The van der Waals surface area contributed by atoms with Crippen molar-refractivity contribution in [2.45, 2.75) is 12.5 Å². The van der Waals surface area contributed by atoms with E-state index < -0.39 is 16.3 Å². The molecule has 0 spiro atoms. The summed E-state index contributed by atoms with van der Waals surface area (Å²) < 4.78 is 32.8. The molecular formula is C17H18N2O5S. The Hall–Kier alpha value is -2.58. The molecule has 0 saturated carbocycles. The number of aldehydes is 1. The number of nitrogens with one attached hydrogen (secondary N) is 1. The zero-order valence-corrected chi connectivity index (χ0v) is 14.1. The number of hydrogen-bond donors (Lipinski definition) is 2. The van der Waals surface area contributed by atoms with Crippen molar-refractivity contribution in [2.24, 2.45) is 0 Å². The van der Waals surface area contributed by atoms with Gasteiger partial charge in [-0.3, -0.25) is 4.31 Å². The molecule has 7 nitrogen and oxygen atoms in total. The summed E-state index contributed by atoms with van der Waals surface area (Å²) in [6.45, 7) is 0.368. The summed E-state index contributed by atoms with van der Waals surface area (Å²) in [6, 6.07) is 13.4. The Morgan fingerprint density at radius 3 is 2.64 bits per heavy atom. The molecule has 2 N–H and O–H groups in total. The van der Waals surface area contributed by atoms with Gasteiger partial charge in [-0.1, -0.05) is 30.3 Å². The second-order valence-electron chi connectivity index (χ2n) is 5.63. The van der Waals surface area contributed by atoms with Crippen LogP contribution in [-0.4, -0.2) is 39.0 Å². The predicted octanol–water partition coefficient (Wildman–Crippen LogP) is 1.24. The van der Waals surface area contributed by atoms with E-state index in [2.05, 4.69) is 4.72 Å². The Balaban J connectivity index is 1.68. The summed E-state index contributed by atoms with van der Waals surface area (Å²) in [5, 5.41) is 10.2. The summed E-state index contributed by atoms with van der Waals surface area (Å²) in [4.78, 5) is 10.8. The molecule has 8 heteroatoms. The first-order valence-electron chi connectivity index (χ1n) is 7.74. The fourth-order valence-electron chi connectivity index (χ4n) is 2.60. The predicted molar refractivity (Wildman–Crippen MR) is 93.0 cm³/mol. The monoisotopic (exact) mass is 362 g/mol. The maximum Gasteiger partial charge on any atom is 0.302 e. The maximum absolute atomic E-state index is 12.0. The van der Waals surface area contributed by atoms with E-state index in [0.29, 0.717) is 18.6 Å². The van der Waals surface area contributed by atoms with E-state index in [0.717, 1.165) is 16.3 Å². The molecule has 0 radical (unpaired) electrons. The Morgan fingerprint density at radius 2 is 2.00 bits per heavy atom. The molecule has 0 aromatic heterocycles. The lowest BCUT2D eigenvalue weighted by Crippen LogP contribution is -2.30. The number of ether oxygens (including phenoxy) is 1. The van der Waals surface area contributed by atoms with Crippen molar-refractivity contribution >= 4 is 22.2 Å². The lowest BCUT2D eigenvalue weighted by Gasteiger charge is -2.18. The van der Waals surface area contributed by atoms with Crippen LogP contribution in [0.2, 0.25) is 0 Å². The highest BCUT2D eigenvalue weighted by atomic mass is 32.2. The molecule has 3 rings (SSSR count). The van der Waals surface area contributed by atoms with Crippen LogP contribution in [0.5, 0.6) is 11.5 Å². The van der Waals surface area contributed by atoms with Crippen LogP contribution in [0.3, 0.4) is 0 Å². The number of hydrogen-bond acceptors (Lipinski definition) is 5. The molecule has 1 heterocycles. The number of rotatable bonds is 6. The Labute approximate surface area is 146 Å². The zero-order chi connectivity index (χ0) is 17.9. The Kier molecular flexibility index (Phi) is 4.91. The van der Waals surface area contributed by atoms with E-state index in [4.69, 9.17) is 4.74 Å². The van der Waals surface area contributed by atoms with Crippen LogP contribution in [-0.2, 0) is 21.4 Å². The molecule has 132 valence electrons. The van der Waals surface area contributed by atoms with Gasteiger partial charge in [0.1, 0.15) is 17.8 Å². The largest absolute Gasteiger partial charge is 0.506 e. The van der Waals surface area contributed by atoms with Gasteiger partial charge in [0.25, 0.3) is 0 Å². The molecule has 25 heavy (non-hydrogen) atoms. The van der Waals surface area contributed by atoms with Crippen molar-refractivity contribution < 1.29 is 23.1 Å². The first-order valence-corrected chi connectivity index (χ1v) is 9.18. The third kappa shape index (κ3) is 3.92. The molecule has 1 fully saturated rings. The zero-order valence-electron chi connectivity index (χ0n) is 13.3. The van der Waals surface area contributed by atoms with E-state index in [1.54, 1.807) is 6.07 Å². The smallest absolute Gasteiger partial charge is 0.302 e. The molecule has 2 aromatic rings. The number of anilines is 1. The molecule has 1 aliphatic heterocycles. The summed E-state index contributed by atoms with van der Waals surface area (Å²) in [7, 11) is -3.84. The number of phenols is 1. The first kappa shape index (κ1) is 17.2. The second-order valence-corrected chi connectivity index (χ2v) is 7.26. The van der Waals surface area contributed by atoms with Gasteiger partial charge in [0, 0.05) is 12.5 Å². The molecule has 0 amide bonds. The lowest BCUT2D eigenvalue weighted by molar-refractivity contribution is -0.108. The number of aromatic hydroxyl groups is 1. The number of carbonyl (C=O) groups excluding carboxylic acids is 1. The third-order valence-corrected chi connectivity index (χ3v) is 5.36. The number of carbonyl (C=O) groups is 1. The van der Waals surface area contributed by atoms with Gasteiger partial charge in [0.05, 0.1) is 24.9 Å². The summed E-state index contributed by atoms with van der Waals surface area (Å²) in [5.74, 6) is 0.211. The van der Waals surface area contributed by atoms with Crippen LogP contribution in [0.15, 0.2) is 48.5 Å². The topological polar surface area (TPSA) is 95.9 Å². The fourth-order valence-corrected chi connectivity index (χ4v) is 4.01. The molecule has 1 atom stereocenters. The highest BCUT2D eigenvalue weighted by Crippen LogP contribution is 2.34. The van der Waals surface area contributed by atoms with Crippen LogP contribution < -0.4 is 13.8 Å². The summed E-state index contributed by atoms with van der Waals surface area (Å²) >= 11 is 0. The highest BCUT2D eigenvalue weighted by molar-refractivity contribution is 7.91. The van der Waals surface area contributed by atoms with Crippen molar-refractivity contribution in [3.63, 3.8) is 0 Å². The van der Waals surface area contributed by atoms with E-state index in [1.165, 1.54) is 12.1 Å². The van der Waals surface area contributed by atoms with E-state index in [9.17, 15) is 18.3 Å².